The number of hydrogen-bond acceptors (Lipinski definition) is 7. The molecule has 33 heavy (non-hydrogen) atoms. The van der Waals surface area contributed by atoms with Gasteiger partial charge in [-0.25, -0.2) is 9.97 Å². The highest BCUT2D eigenvalue weighted by atomic mass is 19.3. The van der Waals surface area contributed by atoms with Crippen molar-refractivity contribution in [1.29, 1.82) is 0 Å². The first-order valence-corrected chi connectivity index (χ1v) is 9.57. The summed E-state index contributed by atoms with van der Waals surface area (Å²) >= 11 is 0. The number of hydrogen-bond donors (Lipinski definition) is 1. The molecule has 1 N–H and O–H groups in total. The monoisotopic (exact) mass is 458 g/mol. The fraction of sp³-hybridized carbons (Fsp3) is 0.136. The van der Waals surface area contributed by atoms with Crippen LogP contribution in [0.25, 0.3) is 22.3 Å². The second-order valence-electron chi connectivity index (χ2n) is 7.02. The molecule has 5 rings (SSSR count). The molecular formula is C22H14F4N4O3. The van der Waals surface area contributed by atoms with E-state index in [4.69, 9.17) is 4.74 Å². The first-order chi connectivity index (χ1) is 15.8. The van der Waals surface area contributed by atoms with Crippen molar-refractivity contribution >= 4 is 22.4 Å². The van der Waals surface area contributed by atoms with Gasteiger partial charge in [0.15, 0.2) is 17.3 Å². The van der Waals surface area contributed by atoms with Gasteiger partial charge in [-0.3, -0.25) is 4.98 Å². The third-order valence-corrected chi connectivity index (χ3v) is 4.86. The highest BCUT2D eigenvalue weighted by Gasteiger charge is 2.66. The van der Waals surface area contributed by atoms with Crippen LogP contribution < -0.4 is 19.5 Å². The number of pyridine rings is 1. The summed E-state index contributed by atoms with van der Waals surface area (Å²) in [6.45, 7) is 0. The smallest absolute Gasteiger partial charge is 0.497 e. The van der Waals surface area contributed by atoms with Gasteiger partial charge in [-0.05, 0) is 42.5 Å². The summed E-state index contributed by atoms with van der Waals surface area (Å²) in [5, 5.41) is 3.39. The third kappa shape index (κ3) is 3.60. The molecule has 0 saturated heterocycles. The van der Waals surface area contributed by atoms with Crippen LogP contribution in [0.5, 0.6) is 17.2 Å². The number of alkyl halides is 4. The number of nitrogens with one attached hydrogen (secondary N) is 1. The largest absolute Gasteiger partial charge is 0.507 e. The quantitative estimate of drug-likeness (QED) is 0.410. The third-order valence-electron chi connectivity index (χ3n) is 4.86. The summed E-state index contributed by atoms with van der Waals surface area (Å²) in [6, 6.07) is 12.4. The fourth-order valence-electron chi connectivity index (χ4n) is 3.27. The fourth-order valence-corrected chi connectivity index (χ4v) is 3.27. The maximum absolute atomic E-state index is 13.8. The van der Waals surface area contributed by atoms with E-state index in [0.717, 1.165) is 6.07 Å². The molecule has 1 aliphatic rings. The van der Waals surface area contributed by atoms with E-state index in [0.29, 0.717) is 28.0 Å². The Morgan fingerprint density at radius 3 is 2.52 bits per heavy atom. The Labute approximate surface area is 184 Å². The normalized spacial score (nSPS) is 15.8. The minimum Gasteiger partial charge on any atom is -0.497 e. The van der Waals surface area contributed by atoms with Gasteiger partial charge >= 0.3 is 12.2 Å². The van der Waals surface area contributed by atoms with Gasteiger partial charge in [-0.15, -0.1) is 0 Å². The number of aromatic nitrogens is 3. The van der Waals surface area contributed by atoms with Gasteiger partial charge in [-0.2, -0.15) is 17.6 Å². The topological polar surface area (TPSA) is 78.4 Å². The molecule has 0 unspecified atom stereocenters. The lowest BCUT2D eigenvalue weighted by Crippen LogP contribution is -2.52. The van der Waals surface area contributed by atoms with Crippen molar-refractivity contribution in [3.05, 3.63) is 60.9 Å². The van der Waals surface area contributed by atoms with Crippen LogP contribution in [0.4, 0.5) is 29.1 Å². The number of halogens is 4. The second-order valence-corrected chi connectivity index (χ2v) is 7.02. The minimum atomic E-state index is -4.87. The molecule has 3 heterocycles. The maximum Gasteiger partial charge on any atom is 0.507 e. The molecular weight excluding hydrogens is 444 g/mol. The van der Waals surface area contributed by atoms with E-state index in [-0.39, 0.29) is 11.5 Å². The molecule has 1 aliphatic heterocycles. The van der Waals surface area contributed by atoms with Crippen LogP contribution in [0.2, 0.25) is 0 Å². The predicted octanol–water partition coefficient (Wildman–Crippen LogP) is 5.40. The van der Waals surface area contributed by atoms with Crippen LogP contribution in [-0.2, 0) is 0 Å². The summed E-state index contributed by atoms with van der Waals surface area (Å²) in [5.74, 6) is -0.105. The number of ether oxygens (including phenoxy) is 3. The molecule has 7 nitrogen and oxygen atoms in total. The summed E-state index contributed by atoms with van der Waals surface area (Å²) in [5.41, 5.74) is 1.08. The molecule has 0 amide bonds. The molecule has 0 saturated carbocycles. The van der Waals surface area contributed by atoms with Gasteiger partial charge in [0.2, 0.25) is 0 Å². The van der Waals surface area contributed by atoms with Crippen molar-refractivity contribution in [3.8, 4) is 28.6 Å². The molecule has 0 bridgehead atoms. The van der Waals surface area contributed by atoms with Gasteiger partial charge in [0, 0.05) is 23.3 Å². The maximum atomic E-state index is 13.8. The first-order valence-electron chi connectivity index (χ1n) is 9.57. The molecule has 0 spiro atoms. The van der Waals surface area contributed by atoms with E-state index in [9.17, 15) is 17.6 Å². The Bertz CT molecular complexity index is 1350. The predicted molar refractivity (Wildman–Crippen MR) is 110 cm³/mol. The van der Waals surface area contributed by atoms with Crippen LogP contribution >= 0.6 is 0 Å². The summed E-state index contributed by atoms with van der Waals surface area (Å²) < 4.78 is 68.7. The lowest BCUT2D eigenvalue weighted by molar-refractivity contribution is -0.391. The Hall–Kier alpha value is -4.15. The zero-order valence-electron chi connectivity index (χ0n) is 16.9. The molecule has 0 radical (unpaired) electrons. The van der Waals surface area contributed by atoms with Crippen molar-refractivity contribution < 1.29 is 31.8 Å². The van der Waals surface area contributed by atoms with E-state index >= 15 is 0 Å². The molecule has 2 aromatic carbocycles. The number of methoxy groups -OCH3 is 1. The lowest BCUT2D eigenvalue weighted by Gasteiger charge is -2.32. The molecule has 168 valence electrons. The van der Waals surface area contributed by atoms with E-state index in [1.165, 1.54) is 19.2 Å². The summed E-state index contributed by atoms with van der Waals surface area (Å²) in [7, 11) is 1.49. The SMILES string of the molecule is COc1ccc2nc(-c3cccnc3)nc(Nc3cccc4c3OC(F)(F)C(F)(F)O4)c2c1. The summed E-state index contributed by atoms with van der Waals surface area (Å²) in [4.78, 5) is 13.1. The first kappa shape index (κ1) is 20.7. The van der Waals surface area contributed by atoms with E-state index < -0.39 is 23.7 Å². The number of benzene rings is 2. The average Bonchev–Trinajstić information content (AvgIpc) is 2.80. The number of anilines is 2. The molecule has 0 aliphatic carbocycles. The molecule has 2 aromatic heterocycles. The Balaban J connectivity index is 1.65. The van der Waals surface area contributed by atoms with Crippen molar-refractivity contribution in [1.82, 2.24) is 15.0 Å². The van der Waals surface area contributed by atoms with Crippen molar-refractivity contribution in [2.24, 2.45) is 0 Å². The molecule has 11 heteroatoms. The van der Waals surface area contributed by atoms with Crippen LogP contribution in [0.1, 0.15) is 0 Å². The van der Waals surface area contributed by atoms with Gasteiger partial charge in [-0.1, -0.05) is 6.07 Å². The van der Waals surface area contributed by atoms with Crippen LogP contribution in [0.3, 0.4) is 0 Å². The highest BCUT2D eigenvalue weighted by Crippen LogP contribution is 2.50. The van der Waals surface area contributed by atoms with E-state index in [2.05, 4.69) is 29.7 Å². The Kier molecular flexibility index (Phi) is 4.69. The lowest BCUT2D eigenvalue weighted by atomic mass is 10.2. The van der Waals surface area contributed by atoms with Gasteiger partial charge < -0.3 is 19.5 Å². The Morgan fingerprint density at radius 2 is 1.76 bits per heavy atom. The van der Waals surface area contributed by atoms with Crippen LogP contribution in [0, 0.1) is 0 Å². The van der Waals surface area contributed by atoms with Crippen LogP contribution in [0.15, 0.2) is 60.9 Å². The number of nitrogens with zero attached hydrogens (tertiary/aromatic N) is 3. The molecule has 0 fully saturated rings. The number of para-hydroxylation sites is 1. The van der Waals surface area contributed by atoms with Gasteiger partial charge in [0.05, 0.1) is 18.3 Å². The van der Waals surface area contributed by atoms with Crippen LogP contribution in [-0.4, -0.2) is 34.3 Å². The van der Waals surface area contributed by atoms with Crippen molar-refractivity contribution in [2.75, 3.05) is 12.4 Å². The van der Waals surface area contributed by atoms with Crippen molar-refractivity contribution in [2.45, 2.75) is 12.2 Å². The number of rotatable bonds is 4. The van der Waals surface area contributed by atoms with E-state index in [1.807, 2.05) is 0 Å². The van der Waals surface area contributed by atoms with Gasteiger partial charge in [0.25, 0.3) is 0 Å². The Morgan fingerprint density at radius 1 is 0.939 bits per heavy atom. The molecule has 0 atom stereocenters. The zero-order chi connectivity index (χ0) is 23.2. The van der Waals surface area contributed by atoms with Crippen molar-refractivity contribution in [3.63, 3.8) is 0 Å². The minimum absolute atomic E-state index is 0.0531. The average molecular weight is 458 g/mol. The zero-order valence-corrected chi connectivity index (χ0v) is 16.9. The van der Waals surface area contributed by atoms with Gasteiger partial charge in [0.1, 0.15) is 11.6 Å². The highest BCUT2D eigenvalue weighted by molar-refractivity contribution is 5.94. The second kappa shape index (κ2) is 7.47. The summed E-state index contributed by atoms with van der Waals surface area (Å²) in [6.07, 6.45) is -6.52. The number of fused-ring (bicyclic) bond motifs is 2. The standard InChI is InChI=1S/C22H14F4N4O3/c1-31-13-7-8-15-14(10-13)20(30-19(28-15)12-4-3-9-27-11-12)29-16-5-2-6-17-18(16)33-22(25,26)21(23,24)32-17/h2-11H,1H3,(H,28,29,30). The van der Waals surface area contributed by atoms with E-state index in [1.54, 1.807) is 42.7 Å². The molecule has 4 aromatic rings.